The van der Waals surface area contributed by atoms with Gasteiger partial charge < -0.3 is 10.4 Å². The van der Waals surface area contributed by atoms with Gasteiger partial charge in [-0.15, -0.1) is 0 Å². The van der Waals surface area contributed by atoms with E-state index in [4.69, 9.17) is 0 Å². The number of benzene rings is 2. The lowest BCUT2D eigenvalue weighted by Crippen LogP contribution is -2.14. The molecule has 3 rings (SSSR count). The zero-order valence-electron chi connectivity index (χ0n) is 11.6. The number of hydrogen-bond acceptors (Lipinski definition) is 3. The van der Waals surface area contributed by atoms with Gasteiger partial charge in [0.05, 0.1) is 5.69 Å². The number of fused-ring (bicyclic) bond motifs is 1. The first-order valence-corrected chi connectivity index (χ1v) is 7.26. The average Bonchev–Trinajstić information content (AvgIpc) is 2.74. The summed E-state index contributed by atoms with van der Waals surface area (Å²) in [6.07, 6.45) is 0. The number of hydrogen-bond donors (Lipinski definition) is 2. The van der Waals surface area contributed by atoms with E-state index in [1.807, 2.05) is 32.0 Å². The van der Waals surface area contributed by atoms with Gasteiger partial charge in [-0.3, -0.25) is 4.79 Å². The molecule has 0 fully saturated rings. The van der Waals surface area contributed by atoms with Crippen molar-refractivity contribution in [2.24, 2.45) is 4.99 Å². The summed E-state index contributed by atoms with van der Waals surface area (Å²) < 4.78 is 0.837. The number of aromatic hydroxyl groups is 1. The molecule has 0 unspecified atom stereocenters. The van der Waals surface area contributed by atoms with E-state index in [0.717, 1.165) is 26.9 Å². The number of aliphatic imine (C=N–C) groups is 1. The van der Waals surface area contributed by atoms with Crippen LogP contribution in [0.2, 0.25) is 0 Å². The van der Waals surface area contributed by atoms with Crippen molar-refractivity contribution in [1.29, 1.82) is 0 Å². The molecule has 0 radical (unpaired) electrons. The highest BCUT2D eigenvalue weighted by atomic mass is 79.9. The Morgan fingerprint density at radius 2 is 1.95 bits per heavy atom. The second-order valence-electron chi connectivity index (χ2n) is 5.03. The van der Waals surface area contributed by atoms with E-state index in [1.54, 1.807) is 12.1 Å². The largest absolute Gasteiger partial charge is 0.506 e. The Morgan fingerprint density at radius 3 is 2.67 bits per heavy atom. The lowest BCUT2D eigenvalue weighted by atomic mass is 10.1. The molecule has 1 heterocycles. The Morgan fingerprint density at radius 1 is 1.19 bits per heavy atom. The number of halogens is 1. The van der Waals surface area contributed by atoms with Crippen molar-refractivity contribution in [2.45, 2.75) is 13.8 Å². The third kappa shape index (κ3) is 2.34. The van der Waals surface area contributed by atoms with E-state index in [-0.39, 0.29) is 11.7 Å². The number of nitrogens with one attached hydrogen (secondary N) is 1. The Labute approximate surface area is 130 Å². The molecule has 0 atom stereocenters. The van der Waals surface area contributed by atoms with Crippen molar-refractivity contribution in [2.75, 3.05) is 5.32 Å². The van der Waals surface area contributed by atoms with E-state index >= 15 is 0 Å². The third-order valence-electron chi connectivity index (χ3n) is 3.40. The van der Waals surface area contributed by atoms with Crippen LogP contribution in [0.3, 0.4) is 0 Å². The predicted octanol–water partition coefficient (Wildman–Crippen LogP) is 3.84. The summed E-state index contributed by atoms with van der Waals surface area (Å²) in [7, 11) is 0. The highest BCUT2D eigenvalue weighted by Gasteiger charge is 2.29. The number of anilines is 1. The van der Waals surface area contributed by atoms with Gasteiger partial charge in [-0.05, 0) is 59.1 Å². The molecule has 2 aromatic carbocycles. The molecule has 4 nitrogen and oxygen atoms in total. The van der Waals surface area contributed by atoms with Crippen molar-refractivity contribution in [1.82, 2.24) is 0 Å². The van der Waals surface area contributed by atoms with Crippen LogP contribution in [-0.4, -0.2) is 16.7 Å². The minimum absolute atomic E-state index is 0.0625. The van der Waals surface area contributed by atoms with Crippen LogP contribution >= 0.6 is 15.9 Å². The molecule has 0 saturated carbocycles. The van der Waals surface area contributed by atoms with Crippen molar-refractivity contribution in [3.8, 4) is 5.75 Å². The molecule has 2 aromatic rings. The number of carbonyl (C=O) groups excluding carboxylic acids is 1. The fourth-order valence-electron chi connectivity index (χ4n) is 2.27. The fourth-order valence-corrected chi connectivity index (χ4v) is 2.80. The zero-order chi connectivity index (χ0) is 15.1. The molecule has 1 aliphatic heterocycles. The lowest BCUT2D eigenvalue weighted by Gasteiger charge is -2.05. The minimum Gasteiger partial charge on any atom is -0.506 e. The third-order valence-corrected chi connectivity index (χ3v) is 4.42. The molecule has 1 amide bonds. The smallest absolute Gasteiger partial charge is 0.275 e. The van der Waals surface area contributed by atoms with E-state index in [2.05, 4.69) is 26.2 Å². The number of carbonyl (C=O) groups is 1. The van der Waals surface area contributed by atoms with E-state index < -0.39 is 0 Å². The van der Waals surface area contributed by atoms with Gasteiger partial charge in [0.25, 0.3) is 5.91 Å². The summed E-state index contributed by atoms with van der Waals surface area (Å²) in [6.45, 7) is 3.84. The molecule has 0 saturated heterocycles. The van der Waals surface area contributed by atoms with Crippen molar-refractivity contribution in [3.63, 3.8) is 0 Å². The number of rotatable bonds is 1. The quantitative estimate of drug-likeness (QED) is 0.825. The molecule has 0 aromatic heterocycles. The van der Waals surface area contributed by atoms with E-state index in [9.17, 15) is 9.90 Å². The molecule has 0 spiro atoms. The Kier molecular flexibility index (Phi) is 3.29. The molecule has 2 N–H and O–H groups in total. The van der Waals surface area contributed by atoms with Gasteiger partial charge in [0.1, 0.15) is 17.1 Å². The van der Waals surface area contributed by atoms with Crippen LogP contribution in [0.4, 0.5) is 11.4 Å². The van der Waals surface area contributed by atoms with Gasteiger partial charge >= 0.3 is 0 Å². The van der Waals surface area contributed by atoms with Gasteiger partial charge in [0, 0.05) is 10.0 Å². The molecule has 21 heavy (non-hydrogen) atoms. The summed E-state index contributed by atoms with van der Waals surface area (Å²) >= 11 is 3.51. The first kappa shape index (κ1) is 13.8. The minimum atomic E-state index is -0.267. The number of aryl methyl sites for hydroxylation is 2. The zero-order valence-corrected chi connectivity index (χ0v) is 13.2. The maximum Gasteiger partial charge on any atom is 0.275 e. The van der Waals surface area contributed by atoms with Gasteiger partial charge in [-0.25, -0.2) is 4.99 Å². The topological polar surface area (TPSA) is 61.7 Å². The Bertz CT molecular complexity index is 797. The van der Waals surface area contributed by atoms with Gasteiger partial charge in [0.15, 0.2) is 0 Å². The Balaban J connectivity index is 2.18. The van der Waals surface area contributed by atoms with Crippen LogP contribution < -0.4 is 5.32 Å². The standard InChI is InChI=1S/C16H13BrN2O2/c1-8-3-5-10(12(20)7-8)18-15-13-11(19-16(15)21)6-4-9(2)14(13)17/h3-7,20H,1-2H3,(H,18,19,21). The van der Waals surface area contributed by atoms with Gasteiger partial charge in [-0.2, -0.15) is 0 Å². The molecule has 1 aliphatic rings. The number of phenolic OH excluding ortho intramolecular Hbond substituents is 1. The molecular weight excluding hydrogens is 332 g/mol. The SMILES string of the molecule is Cc1ccc(N=C2C(=O)Nc3ccc(C)c(Br)c32)c(O)c1. The maximum atomic E-state index is 12.1. The monoisotopic (exact) mass is 344 g/mol. The number of phenols is 1. The predicted molar refractivity (Wildman–Crippen MR) is 86.5 cm³/mol. The summed E-state index contributed by atoms with van der Waals surface area (Å²) in [6, 6.07) is 8.95. The van der Waals surface area contributed by atoms with E-state index in [0.29, 0.717) is 11.4 Å². The first-order chi connectivity index (χ1) is 9.97. The van der Waals surface area contributed by atoms with Crippen LogP contribution in [0.25, 0.3) is 0 Å². The molecular formula is C16H13BrN2O2. The Hall–Kier alpha value is -2.14. The highest BCUT2D eigenvalue weighted by Crippen LogP contribution is 2.35. The van der Waals surface area contributed by atoms with Crippen molar-refractivity contribution >= 4 is 38.9 Å². The second kappa shape index (κ2) is 5.00. The van der Waals surface area contributed by atoms with Crippen molar-refractivity contribution < 1.29 is 9.90 Å². The van der Waals surface area contributed by atoms with Crippen LogP contribution in [-0.2, 0) is 4.79 Å². The number of nitrogens with zero attached hydrogens (tertiary/aromatic N) is 1. The normalized spacial score (nSPS) is 15.2. The van der Waals surface area contributed by atoms with Gasteiger partial charge in [-0.1, -0.05) is 12.1 Å². The first-order valence-electron chi connectivity index (χ1n) is 6.46. The summed E-state index contributed by atoms with van der Waals surface area (Å²) in [5.41, 5.74) is 4.10. The summed E-state index contributed by atoms with van der Waals surface area (Å²) in [5.74, 6) is -0.205. The van der Waals surface area contributed by atoms with Crippen LogP contribution in [0.1, 0.15) is 16.7 Å². The van der Waals surface area contributed by atoms with Gasteiger partial charge in [0.2, 0.25) is 0 Å². The molecule has 106 valence electrons. The van der Waals surface area contributed by atoms with Crippen LogP contribution in [0.5, 0.6) is 5.75 Å². The second-order valence-corrected chi connectivity index (χ2v) is 5.82. The lowest BCUT2D eigenvalue weighted by molar-refractivity contribution is -0.110. The highest BCUT2D eigenvalue weighted by molar-refractivity contribution is 9.10. The van der Waals surface area contributed by atoms with Crippen LogP contribution in [0, 0.1) is 13.8 Å². The van der Waals surface area contributed by atoms with Crippen molar-refractivity contribution in [3.05, 3.63) is 51.5 Å². The maximum absolute atomic E-state index is 12.1. The average molecular weight is 345 g/mol. The fraction of sp³-hybridized carbons (Fsp3) is 0.125. The summed E-state index contributed by atoms with van der Waals surface area (Å²) in [4.78, 5) is 16.5. The number of amides is 1. The molecule has 5 heteroatoms. The summed E-state index contributed by atoms with van der Waals surface area (Å²) in [5, 5.41) is 12.7. The van der Waals surface area contributed by atoms with Crippen LogP contribution in [0.15, 0.2) is 39.8 Å². The molecule has 0 bridgehead atoms. The molecule has 0 aliphatic carbocycles. The van der Waals surface area contributed by atoms with E-state index in [1.165, 1.54) is 0 Å².